The van der Waals surface area contributed by atoms with Crippen molar-refractivity contribution in [2.45, 2.75) is 26.9 Å². The summed E-state index contributed by atoms with van der Waals surface area (Å²) in [5.41, 5.74) is -0.665. The lowest BCUT2D eigenvalue weighted by molar-refractivity contribution is -0.137. The molecule has 168 valence electrons. The lowest BCUT2D eigenvalue weighted by Gasteiger charge is -2.25. The Kier molecular flexibility index (Phi) is 10.1. The highest BCUT2D eigenvalue weighted by molar-refractivity contribution is 5.94. The van der Waals surface area contributed by atoms with E-state index in [1.807, 2.05) is 20.8 Å². The summed E-state index contributed by atoms with van der Waals surface area (Å²) in [5, 5.41) is 5.71. The van der Waals surface area contributed by atoms with Gasteiger partial charge in [0.2, 0.25) is 5.91 Å². The summed E-state index contributed by atoms with van der Waals surface area (Å²) in [4.78, 5) is 32.2. The third-order valence-corrected chi connectivity index (χ3v) is 4.32. The maximum Gasteiger partial charge on any atom is 0.416 e. The van der Waals surface area contributed by atoms with Crippen LogP contribution in [0.25, 0.3) is 0 Å². The third kappa shape index (κ3) is 7.92. The van der Waals surface area contributed by atoms with Gasteiger partial charge in [-0.3, -0.25) is 14.6 Å². The van der Waals surface area contributed by atoms with Crippen LogP contribution < -0.4 is 10.6 Å². The summed E-state index contributed by atoms with van der Waals surface area (Å²) in [6.45, 7) is 8.23. The van der Waals surface area contributed by atoms with Gasteiger partial charge in [-0.1, -0.05) is 0 Å². The maximum absolute atomic E-state index is 12.6. The van der Waals surface area contributed by atoms with E-state index in [1.54, 1.807) is 16.8 Å². The zero-order chi connectivity index (χ0) is 22.7. The molecule has 0 atom stereocenters. The van der Waals surface area contributed by atoms with Crippen LogP contribution in [0, 0.1) is 0 Å². The summed E-state index contributed by atoms with van der Waals surface area (Å²) in [7, 11) is 1.75. The highest BCUT2D eigenvalue weighted by Gasteiger charge is 2.30. The van der Waals surface area contributed by atoms with Crippen LogP contribution >= 0.6 is 0 Å². The van der Waals surface area contributed by atoms with E-state index in [0.717, 1.165) is 24.3 Å². The number of benzene rings is 1. The topological polar surface area (TPSA) is 77.0 Å². The number of aliphatic imine (C=N–C) groups is 1. The molecule has 1 rings (SSSR count). The SMILES string of the molecule is CCNC(=NCCNC(=O)c1ccc(C(F)(F)F)cc1)N(C)CC(=O)N(CC)CC. The van der Waals surface area contributed by atoms with Crippen molar-refractivity contribution in [3.8, 4) is 0 Å². The molecule has 1 aromatic carbocycles. The number of hydrogen-bond donors (Lipinski definition) is 2. The second kappa shape index (κ2) is 12.0. The number of hydrogen-bond acceptors (Lipinski definition) is 3. The standard InChI is InChI=1S/C20H30F3N5O2/c1-5-24-19(27(4)14-17(29)28(6-2)7-3)26-13-12-25-18(30)15-8-10-16(11-9-15)20(21,22)23/h8-11H,5-7,12-14H2,1-4H3,(H,24,26)(H,25,30). The monoisotopic (exact) mass is 429 g/mol. The Morgan fingerprint density at radius 3 is 2.13 bits per heavy atom. The van der Waals surface area contributed by atoms with Gasteiger partial charge in [0.1, 0.15) is 0 Å². The number of guanidine groups is 1. The minimum Gasteiger partial charge on any atom is -0.357 e. The van der Waals surface area contributed by atoms with Crippen molar-refractivity contribution in [3.05, 3.63) is 35.4 Å². The molecule has 10 heteroatoms. The van der Waals surface area contributed by atoms with Crippen molar-refractivity contribution in [1.82, 2.24) is 20.4 Å². The molecular formula is C20H30F3N5O2. The Labute approximate surface area is 175 Å². The fourth-order valence-electron chi connectivity index (χ4n) is 2.67. The summed E-state index contributed by atoms with van der Waals surface area (Å²) >= 11 is 0. The van der Waals surface area contributed by atoms with Crippen molar-refractivity contribution in [3.63, 3.8) is 0 Å². The van der Waals surface area contributed by atoms with Crippen LogP contribution in [0.2, 0.25) is 0 Å². The molecule has 0 aliphatic rings. The van der Waals surface area contributed by atoms with Crippen molar-refractivity contribution in [1.29, 1.82) is 0 Å². The number of likely N-dealkylation sites (N-methyl/N-ethyl adjacent to an activating group) is 2. The second-order valence-corrected chi connectivity index (χ2v) is 6.49. The molecule has 0 aliphatic heterocycles. The minimum atomic E-state index is -4.44. The Bertz CT molecular complexity index is 716. The Morgan fingerprint density at radius 2 is 1.63 bits per heavy atom. The Morgan fingerprint density at radius 1 is 1.03 bits per heavy atom. The third-order valence-electron chi connectivity index (χ3n) is 4.32. The minimum absolute atomic E-state index is 0.0105. The molecule has 0 saturated carbocycles. The van der Waals surface area contributed by atoms with E-state index in [2.05, 4.69) is 15.6 Å². The molecule has 0 heterocycles. The fourth-order valence-corrected chi connectivity index (χ4v) is 2.67. The van der Waals surface area contributed by atoms with Gasteiger partial charge in [0.15, 0.2) is 5.96 Å². The highest BCUT2D eigenvalue weighted by atomic mass is 19.4. The van der Waals surface area contributed by atoms with Gasteiger partial charge in [0, 0.05) is 38.8 Å². The smallest absolute Gasteiger partial charge is 0.357 e. The van der Waals surface area contributed by atoms with E-state index in [1.165, 1.54) is 0 Å². The predicted molar refractivity (Wildman–Crippen MR) is 110 cm³/mol. The molecule has 0 radical (unpaired) electrons. The van der Waals surface area contributed by atoms with E-state index < -0.39 is 17.6 Å². The number of halogens is 3. The molecule has 0 bridgehead atoms. The van der Waals surface area contributed by atoms with Crippen LogP contribution in [0.4, 0.5) is 13.2 Å². The molecule has 0 aliphatic carbocycles. The molecule has 2 N–H and O–H groups in total. The van der Waals surface area contributed by atoms with Gasteiger partial charge in [-0.25, -0.2) is 0 Å². The first-order chi connectivity index (χ1) is 14.1. The summed E-state index contributed by atoms with van der Waals surface area (Å²) in [6, 6.07) is 4.02. The van der Waals surface area contributed by atoms with Crippen LogP contribution in [0.1, 0.15) is 36.7 Å². The van der Waals surface area contributed by atoms with Crippen LogP contribution in [0.15, 0.2) is 29.3 Å². The van der Waals surface area contributed by atoms with Gasteiger partial charge in [0.05, 0.1) is 18.7 Å². The van der Waals surface area contributed by atoms with Crippen LogP contribution in [0.5, 0.6) is 0 Å². The number of nitrogens with zero attached hydrogens (tertiary/aromatic N) is 3. The van der Waals surface area contributed by atoms with Crippen LogP contribution in [-0.2, 0) is 11.0 Å². The van der Waals surface area contributed by atoms with Gasteiger partial charge >= 0.3 is 6.18 Å². The zero-order valence-corrected chi connectivity index (χ0v) is 17.8. The summed E-state index contributed by atoms with van der Waals surface area (Å²) < 4.78 is 37.8. The molecule has 0 saturated heterocycles. The highest BCUT2D eigenvalue weighted by Crippen LogP contribution is 2.29. The summed E-state index contributed by atoms with van der Waals surface area (Å²) in [5.74, 6) is 0.0412. The van der Waals surface area contributed by atoms with Gasteiger partial charge in [-0.2, -0.15) is 13.2 Å². The van der Waals surface area contributed by atoms with Crippen LogP contribution in [-0.4, -0.2) is 73.9 Å². The number of alkyl halides is 3. The molecule has 0 unspecified atom stereocenters. The largest absolute Gasteiger partial charge is 0.416 e. The summed E-state index contributed by atoms with van der Waals surface area (Å²) in [6.07, 6.45) is -4.44. The molecule has 2 amide bonds. The number of rotatable bonds is 9. The number of carbonyl (C=O) groups is 2. The molecule has 0 aromatic heterocycles. The number of amides is 2. The molecule has 1 aromatic rings. The van der Waals surface area contributed by atoms with E-state index in [0.29, 0.717) is 25.6 Å². The normalized spacial score (nSPS) is 11.8. The lowest BCUT2D eigenvalue weighted by Crippen LogP contribution is -2.46. The molecular weight excluding hydrogens is 399 g/mol. The fraction of sp³-hybridized carbons (Fsp3) is 0.550. The first-order valence-corrected chi connectivity index (χ1v) is 9.86. The first-order valence-electron chi connectivity index (χ1n) is 9.86. The van der Waals surface area contributed by atoms with Crippen molar-refractivity contribution < 1.29 is 22.8 Å². The average Bonchev–Trinajstić information content (AvgIpc) is 2.70. The van der Waals surface area contributed by atoms with E-state index in [4.69, 9.17) is 0 Å². The maximum atomic E-state index is 12.6. The van der Waals surface area contributed by atoms with E-state index >= 15 is 0 Å². The lowest BCUT2D eigenvalue weighted by atomic mass is 10.1. The zero-order valence-electron chi connectivity index (χ0n) is 17.8. The Balaban J connectivity index is 2.61. The van der Waals surface area contributed by atoms with Crippen molar-refractivity contribution in [2.24, 2.45) is 4.99 Å². The van der Waals surface area contributed by atoms with Gasteiger partial charge in [-0.15, -0.1) is 0 Å². The second-order valence-electron chi connectivity index (χ2n) is 6.49. The van der Waals surface area contributed by atoms with Gasteiger partial charge < -0.3 is 20.4 Å². The average molecular weight is 429 g/mol. The Hall–Kier alpha value is -2.78. The molecule has 0 spiro atoms. The molecule has 30 heavy (non-hydrogen) atoms. The predicted octanol–water partition coefficient (Wildman–Crippen LogP) is 2.20. The van der Waals surface area contributed by atoms with Gasteiger partial charge in [0.25, 0.3) is 5.91 Å². The number of nitrogens with one attached hydrogen (secondary N) is 2. The molecule has 0 fully saturated rings. The molecule has 7 nitrogen and oxygen atoms in total. The first kappa shape index (κ1) is 25.3. The van der Waals surface area contributed by atoms with Gasteiger partial charge in [-0.05, 0) is 45.0 Å². The quantitative estimate of drug-likeness (QED) is 0.359. The van der Waals surface area contributed by atoms with Crippen LogP contribution in [0.3, 0.4) is 0 Å². The van der Waals surface area contributed by atoms with Crippen molar-refractivity contribution in [2.75, 3.05) is 46.3 Å². The van der Waals surface area contributed by atoms with Crippen molar-refractivity contribution >= 4 is 17.8 Å². The number of carbonyl (C=O) groups excluding carboxylic acids is 2. The van der Waals surface area contributed by atoms with E-state index in [9.17, 15) is 22.8 Å². The van der Waals surface area contributed by atoms with E-state index in [-0.39, 0.29) is 31.1 Å².